The lowest BCUT2D eigenvalue weighted by molar-refractivity contribution is -0.144. The van der Waals surface area contributed by atoms with Crippen molar-refractivity contribution in [2.24, 2.45) is 0 Å². The van der Waals surface area contributed by atoms with E-state index in [1.807, 2.05) is 7.05 Å². The highest BCUT2D eigenvalue weighted by atomic mass is 16.5. The fourth-order valence-electron chi connectivity index (χ4n) is 8.39. The molecule has 1 aliphatic rings. The van der Waals surface area contributed by atoms with Crippen molar-refractivity contribution in [2.75, 3.05) is 79.2 Å². The van der Waals surface area contributed by atoms with Gasteiger partial charge in [0, 0.05) is 64.3 Å². The van der Waals surface area contributed by atoms with Gasteiger partial charge in [0.1, 0.15) is 13.2 Å². The number of aliphatic hydroxyl groups is 3. The van der Waals surface area contributed by atoms with Crippen molar-refractivity contribution in [3.63, 3.8) is 0 Å². The van der Waals surface area contributed by atoms with E-state index in [1.165, 1.54) is 96.3 Å². The van der Waals surface area contributed by atoms with Gasteiger partial charge in [0.15, 0.2) is 0 Å². The van der Waals surface area contributed by atoms with Crippen LogP contribution in [0.3, 0.4) is 0 Å². The van der Waals surface area contributed by atoms with Gasteiger partial charge in [-0.3, -0.25) is 24.3 Å². The first-order valence-corrected chi connectivity index (χ1v) is 25.6. The zero-order chi connectivity index (χ0) is 45.4. The van der Waals surface area contributed by atoms with Crippen molar-refractivity contribution >= 4 is 12.4 Å². The number of piperazine rings is 1. The molecular formula is C50H102N4O7. The number of esters is 1. The molecule has 61 heavy (non-hydrogen) atoms. The maximum Gasteiger partial charge on any atom is 0.305 e. The van der Waals surface area contributed by atoms with E-state index < -0.39 is 0 Å². The van der Waals surface area contributed by atoms with Gasteiger partial charge in [-0.1, -0.05) is 150 Å². The predicted molar refractivity (Wildman–Crippen MR) is 255 cm³/mol. The summed E-state index contributed by atoms with van der Waals surface area (Å²) >= 11 is 0. The number of aliphatic hydroxyl groups excluding tert-OH is 3. The summed E-state index contributed by atoms with van der Waals surface area (Å²) in [4.78, 5) is 31.5. The standard InChI is InChI=1S/C26H51N3O5.C24H51NO2/c1-5-6-7-8-9-10-12-25(31)21-27(4)14-11-13-26(32)34-18-16-29-20-23(2)28(19-24(29)3)15-17-33-22-30;1-4-7-10-12-14-16-18-23(26)21-25(20-9-6-3)22-24(27)19-17-15-13-11-8-5-2/h22-25,31H,5-21H2,1-4H3;23-24,26-27H,4-22H2,1-3H3. The molecule has 0 spiro atoms. The Bertz CT molecular complexity index is 941. The van der Waals surface area contributed by atoms with E-state index in [0.717, 1.165) is 110 Å². The fourth-order valence-corrected chi connectivity index (χ4v) is 8.39. The molecule has 0 bridgehead atoms. The quantitative estimate of drug-likeness (QED) is 0.0309. The van der Waals surface area contributed by atoms with Crippen LogP contribution in [-0.4, -0.2) is 157 Å². The number of ether oxygens (including phenoxy) is 2. The van der Waals surface area contributed by atoms with Gasteiger partial charge in [-0.2, -0.15) is 0 Å². The Labute approximate surface area is 377 Å². The van der Waals surface area contributed by atoms with Gasteiger partial charge in [-0.05, 0) is 66.1 Å². The Kier molecular flexibility index (Phi) is 41.7. The van der Waals surface area contributed by atoms with E-state index in [4.69, 9.17) is 9.47 Å². The zero-order valence-corrected chi connectivity index (χ0v) is 41.2. The van der Waals surface area contributed by atoms with E-state index in [2.05, 4.69) is 61.1 Å². The SMILES string of the molecule is CCCCCCCCC(O)CN(C)CCCC(=O)OCCN1CC(C)N(CCOC=O)CC1C.CCCCCCCCC(O)CN(CCCC)CC(O)CCCCCCCC. The molecule has 5 unspecified atom stereocenters. The summed E-state index contributed by atoms with van der Waals surface area (Å²) in [5.74, 6) is -0.147. The Morgan fingerprint density at radius 3 is 1.44 bits per heavy atom. The van der Waals surface area contributed by atoms with Crippen LogP contribution in [0.1, 0.15) is 202 Å². The summed E-state index contributed by atoms with van der Waals surface area (Å²) < 4.78 is 10.3. The molecule has 0 aromatic rings. The minimum atomic E-state index is -0.287. The van der Waals surface area contributed by atoms with Gasteiger partial charge in [0.2, 0.25) is 0 Å². The van der Waals surface area contributed by atoms with Gasteiger partial charge < -0.3 is 29.7 Å². The molecular weight excluding hydrogens is 769 g/mol. The topological polar surface area (TPSA) is 126 Å². The molecule has 3 N–H and O–H groups in total. The highest BCUT2D eigenvalue weighted by Gasteiger charge is 2.28. The van der Waals surface area contributed by atoms with Crippen LogP contribution in [-0.2, 0) is 19.1 Å². The fraction of sp³-hybridized carbons (Fsp3) is 0.960. The molecule has 0 aliphatic carbocycles. The van der Waals surface area contributed by atoms with E-state index in [9.17, 15) is 24.9 Å². The van der Waals surface area contributed by atoms with Crippen molar-refractivity contribution in [1.29, 1.82) is 0 Å². The largest absolute Gasteiger partial charge is 0.467 e. The third-order valence-electron chi connectivity index (χ3n) is 12.3. The van der Waals surface area contributed by atoms with Crippen LogP contribution in [0.2, 0.25) is 0 Å². The second kappa shape index (κ2) is 42.6. The van der Waals surface area contributed by atoms with E-state index in [0.29, 0.717) is 44.7 Å². The lowest BCUT2D eigenvalue weighted by Crippen LogP contribution is -2.57. The molecule has 11 heteroatoms. The molecule has 1 saturated heterocycles. The highest BCUT2D eigenvalue weighted by Crippen LogP contribution is 2.16. The van der Waals surface area contributed by atoms with Crippen LogP contribution >= 0.6 is 0 Å². The number of unbranched alkanes of at least 4 members (excludes halogenated alkanes) is 16. The average molecular weight is 871 g/mol. The van der Waals surface area contributed by atoms with Gasteiger partial charge in [-0.15, -0.1) is 0 Å². The number of rotatable bonds is 41. The highest BCUT2D eigenvalue weighted by molar-refractivity contribution is 5.69. The summed E-state index contributed by atoms with van der Waals surface area (Å²) in [5.41, 5.74) is 0. The predicted octanol–water partition coefficient (Wildman–Crippen LogP) is 9.23. The number of hydrogen-bond donors (Lipinski definition) is 3. The van der Waals surface area contributed by atoms with E-state index >= 15 is 0 Å². The van der Waals surface area contributed by atoms with E-state index in [1.54, 1.807) is 0 Å². The molecule has 1 fully saturated rings. The lowest BCUT2D eigenvalue weighted by Gasteiger charge is -2.43. The molecule has 0 aromatic carbocycles. The number of nitrogens with zero attached hydrogens (tertiary/aromatic N) is 4. The number of hydrogen-bond acceptors (Lipinski definition) is 11. The minimum Gasteiger partial charge on any atom is -0.467 e. The summed E-state index contributed by atoms with van der Waals surface area (Å²) in [7, 11) is 2.00. The average Bonchev–Trinajstić information content (AvgIpc) is 3.22. The molecule has 5 atom stereocenters. The van der Waals surface area contributed by atoms with Crippen LogP contribution in [0, 0.1) is 0 Å². The van der Waals surface area contributed by atoms with Gasteiger partial charge in [0.05, 0.1) is 18.3 Å². The third kappa shape index (κ3) is 36.7. The van der Waals surface area contributed by atoms with Gasteiger partial charge in [0.25, 0.3) is 6.47 Å². The number of carbonyl (C=O) groups excluding carboxylic acids is 2. The van der Waals surface area contributed by atoms with Crippen LogP contribution < -0.4 is 0 Å². The lowest BCUT2D eigenvalue weighted by atomic mass is 10.1. The summed E-state index contributed by atoms with van der Waals surface area (Å²) in [6.07, 6.45) is 28.1. The molecule has 0 amide bonds. The molecule has 1 heterocycles. The zero-order valence-electron chi connectivity index (χ0n) is 41.2. The maximum atomic E-state index is 12.1. The summed E-state index contributed by atoms with van der Waals surface area (Å²) in [5, 5.41) is 31.0. The number of carbonyl (C=O) groups is 2. The first-order chi connectivity index (χ1) is 29.5. The Balaban J connectivity index is 0.00000121. The molecule has 11 nitrogen and oxygen atoms in total. The number of likely N-dealkylation sites (N-methyl/N-ethyl adjacent to an activating group) is 1. The summed E-state index contributed by atoms with van der Waals surface area (Å²) in [6.45, 7) is 21.8. The molecule has 1 aliphatic heterocycles. The maximum absolute atomic E-state index is 12.1. The third-order valence-corrected chi connectivity index (χ3v) is 12.3. The Hall–Kier alpha value is -1.34. The van der Waals surface area contributed by atoms with Gasteiger partial charge >= 0.3 is 5.97 Å². The second-order valence-electron chi connectivity index (χ2n) is 18.5. The normalized spacial score (nSPS) is 17.6. The van der Waals surface area contributed by atoms with Crippen LogP contribution in [0.5, 0.6) is 0 Å². The minimum absolute atomic E-state index is 0.147. The van der Waals surface area contributed by atoms with Crippen LogP contribution in [0.25, 0.3) is 0 Å². The summed E-state index contributed by atoms with van der Waals surface area (Å²) in [6, 6.07) is 0.733. The van der Waals surface area contributed by atoms with Crippen molar-refractivity contribution in [2.45, 2.75) is 232 Å². The second-order valence-corrected chi connectivity index (χ2v) is 18.5. The van der Waals surface area contributed by atoms with Crippen molar-refractivity contribution in [3.05, 3.63) is 0 Å². The first-order valence-electron chi connectivity index (χ1n) is 25.6. The van der Waals surface area contributed by atoms with Gasteiger partial charge in [-0.25, -0.2) is 0 Å². The Morgan fingerprint density at radius 2 is 1.00 bits per heavy atom. The first kappa shape index (κ1) is 59.7. The molecule has 0 radical (unpaired) electrons. The van der Waals surface area contributed by atoms with Crippen LogP contribution in [0.15, 0.2) is 0 Å². The Morgan fingerprint density at radius 1 is 0.590 bits per heavy atom. The molecule has 0 saturated carbocycles. The smallest absolute Gasteiger partial charge is 0.305 e. The molecule has 364 valence electrons. The van der Waals surface area contributed by atoms with Crippen LogP contribution in [0.4, 0.5) is 0 Å². The van der Waals surface area contributed by atoms with Crippen molar-refractivity contribution in [3.8, 4) is 0 Å². The van der Waals surface area contributed by atoms with E-state index in [-0.39, 0.29) is 24.3 Å². The van der Waals surface area contributed by atoms with Crippen molar-refractivity contribution < 1.29 is 34.4 Å². The molecule has 1 rings (SSSR count). The molecule has 0 aromatic heterocycles. The monoisotopic (exact) mass is 871 g/mol. The van der Waals surface area contributed by atoms with Crippen molar-refractivity contribution in [1.82, 2.24) is 19.6 Å².